The first-order chi connectivity index (χ1) is 16.0. The molecule has 0 bridgehead atoms. The quantitative estimate of drug-likeness (QED) is 0.641. The molecule has 1 aliphatic carbocycles. The zero-order chi connectivity index (χ0) is 22.9. The standard InChI is InChI=1S/C25H36N4O3S/c1-16-20-22(30)26-15-27-23(20)33-21(16)25(32)29-13-9-19(10-14-29)24(31)28-11-7-18(8-12-28)17-5-3-2-4-6-17/h7,15-17,19-21,23H,2-6,8-14H2,1H3,(H,26,27,30). The van der Waals surface area contributed by atoms with Crippen LogP contribution in [0.15, 0.2) is 16.6 Å². The fourth-order valence-electron chi connectivity index (χ4n) is 6.37. The van der Waals surface area contributed by atoms with Crippen molar-refractivity contribution in [2.45, 2.75) is 68.9 Å². The van der Waals surface area contributed by atoms with Gasteiger partial charge < -0.3 is 15.1 Å². The monoisotopic (exact) mass is 472 g/mol. The number of thioether (sulfide) groups is 1. The zero-order valence-electron chi connectivity index (χ0n) is 19.6. The Balaban J connectivity index is 1.12. The summed E-state index contributed by atoms with van der Waals surface area (Å²) < 4.78 is 0. The fraction of sp³-hybridized carbons (Fsp3) is 0.760. The van der Waals surface area contributed by atoms with Crippen LogP contribution in [0.4, 0.5) is 0 Å². The van der Waals surface area contributed by atoms with Crippen LogP contribution >= 0.6 is 11.8 Å². The topological polar surface area (TPSA) is 82.1 Å². The molecule has 1 N–H and O–H groups in total. The van der Waals surface area contributed by atoms with Crippen molar-refractivity contribution in [2.75, 3.05) is 26.2 Å². The second-order valence-corrected chi connectivity index (χ2v) is 11.6. The highest BCUT2D eigenvalue weighted by atomic mass is 32.2. The molecular formula is C25H36N4O3S. The van der Waals surface area contributed by atoms with E-state index in [9.17, 15) is 14.4 Å². The minimum atomic E-state index is -0.237. The van der Waals surface area contributed by atoms with E-state index in [2.05, 4.69) is 16.4 Å². The van der Waals surface area contributed by atoms with E-state index < -0.39 is 0 Å². The Labute approximate surface area is 200 Å². The number of hydrogen-bond acceptors (Lipinski definition) is 5. The lowest BCUT2D eigenvalue weighted by atomic mass is 9.81. The minimum Gasteiger partial charge on any atom is -0.342 e. The van der Waals surface area contributed by atoms with Crippen molar-refractivity contribution in [3.8, 4) is 0 Å². The van der Waals surface area contributed by atoms with Gasteiger partial charge in [-0.25, -0.2) is 0 Å². The summed E-state index contributed by atoms with van der Waals surface area (Å²) in [6.07, 6.45) is 13.0. The predicted octanol–water partition coefficient (Wildman–Crippen LogP) is 2.82. The number of rotatable bonds is 3. The second kappa shape index (κ2) is 9.80. The van der Waals surface area contributed by atoms with Gasteiger partial charge in [-0.3, -0.25) is 19.4 Å². The number of amides is 3. The maximum atomic E-state index is 13.2. The summed E-state index contributed by atoms with van der Waals surface area (Å²) in [5, 5.41) is 2.28. The Morgan fingerprint density at radius 3 is 2.45 bits per heavy atom. The van der Waals surface area contributed by atoms with Gasteiger partial charge in [0, 0.05) is 32.1 Å². The van der Waals surface area contributed by atoms with Gasteiger partial charge in [0.05, 0.1) is 17.5 Å². The van der Waals surface area contributed by atoms with E-state index in [-0.39, 0.29) is 46.1 Å². The molecule has 0 radical (unpaired) electrons. The average molecular weight is 473 g/mol. The van der Waals surface area contributed by atoms with Gasteiger partial charge in [0.1, 0.15) is 5.37 Å². The number of likely N-dealkylation sites (tertiary alicyclic amines) is 1. The van der Waals surface area contributed by atoms with Crippen molar-refractivity contribution in [1.29, 1.82) is 0 Å². The number of nitrogens with one attached hydrogen (secondary N) is 1. The highest BCUT2D eigenvalue weighted by Gasteiger charge is 2.50. The summed E-state index contributed by atoms with van der Waals surface area (Å²) in [7, 11) is 0. The van der Waals surface area contributed by atoms with Gasteiger partial charge in [-0.15, -0.1) is 11.8 Å². The minimum absolute atomic E-state index is 0.0188. The molecule has 0 aromatic heterocycles. The van der Waals surface area contributed by atoms with E-state index in [1.807, 2.05) is 16.7 Å². The number of nitrogens with zero attached hydrogens (tertiary/aromatic N) is 3. The van der Waals surface area contributed by atoms with Crippen LogP contribution in [0.25, 0.3) is 0 Å². The van der Waals surface area contributed by atoms with Crippen LogP contribution in [0.3, 0.4) is 0 Å². The van der Waals surface area contributed by atoms with Crippen LogP contribution in [0, 0.1) is 23.7 Å². The molecule has 7 nitrogen and oxygen atoms in total. The fourth-order valence-corrected chi connectivity index (χ4v) is 8.03. The Morgan fingerprint density at radius 2 is 1.79 bits per heavy atom. The summed E-state index contributed by atoms with van der Waals surface area (Å²) in [6, 6.07) is 0. The summed E-state index contributed by atoms with van der Waals surface area (Å²) in [6.45, 7) is 4.84. The highest BCUT2D eigenvalue weighted by Crippen LogP contribution is 2.45. The molecule has 3 fully saturated rings. The van der Waals surface area contributed by atoms with Crippen molar-refractivity contribution in [3.63, 3.8) is 0 Å². The normalized spacial score (nSPS) is 33.5. The molecule has 5 rings (SSSR count). The molecule has 0 spiro atoms. The van der Waals surface area contributed by atoms with Crippen molar-refractivity contribution >= 4 is 35.8 Å². The number of carbonyl (C=O) groups excluding carboxylic acids is 3. The third-order valence-electron chi connectivity index (χ3n) is 8.45. The molecule has 0 aromatic rings. The van der Waals surface area contributed by atoms with Crippen LogP contribution in [0.2, 0.25) is 0 Å². The van der Waals surface area contributed by atoms with Crippen molar-refractivity contribution in [1.82, 2.24) is 15.1 Å². The van der Waals surface area contributed by atoms with E-state index in [1.54, 1.807) is 5.57 Å². The largest absolute Gasteiger partial charge is 0.342 e. The molecule has 3 amide bonds. The summed E-state index contributed by atoms with van der Waals surface area (Å²) in [4.78, 5) is 46.9. The number of fused-ring (bicyclic) bond motifs is 1. The lowest BCUT2D eigenvalue weighted by Gasteiger charge is -2.37. The van der Waals surface area contributed by atoms with E-state index in [4.69, 9.17) is 0 Å². The van der Waals surface area contributed by atoms with Crippen LogP contribution in [-0.4, -0.2) is 70.7 Å². The first-order valence-corrected chi connectivity index (χ1v) is 13.7. The van der Waals surface area contributed by atoms with E-state index in [0.29, 0.717) is 13.1 Å². The van der Waals surface area contributed by atoms with E-state index in [1.165, 1.54) is 50.2 Å². The zero-order valence-corrected chi connectivity index (χ0v) is 20.4. The van der Waals surface area contributed by atoms with Gasteiger partial charge in [-0.1, -0.05) is 37.8 Å². The molecule has 180 valence electrons. The molecular weight excluding hydrogens is 436 g/mol. The molecule has 2 saturated heterocycles. The highest BCUT2D eigenvalue weighted by molar-refractivity contribution is 8.01. The smallest absolute Gasteiger partial charge is 0.236 e. The van der Waals surface area contributed by atoms with Gasteiger partial charge in [-0.2, -0.15) is 0 Å². The molecule has 4 aliphatic heterocycles. The summed E-state index contributed by atoms with van der Waals surface area (Å²) in [5.41, 5.74) is 1.58. The average Bonchev–Trinajstić information content (AvgIpc) is 3.21. The number of piperidine rings is 1. The number of hydrogen-bond donors (Lipinski definition) is 1. The molecule has 1 saturated carbocycles. The maximum absolute atomic E-state index is 13.2. The summed E-state index contributed by atoms with van der Waals surface area (Å²) in [5.74, 6) is 0.834. The summed E-state index contributed by atoms with van der Waals surface area (Å²) >= 11 is 1.52. The Bertz CT molecular complexity index is 845. The van der Waals surface area contributed by atoms with Gasteiger partial charge in [0.2, 0.25) is 17.7 Å². The van der Waals surface area contributed by atoms with Crippen molar-refractivity contribution in [3.05, 3.63) is 11.6 Å². The molecule has 0 aromatic carbocycles. The van der Waals surface area contributed by atoms with Crippen molar-refractivity contribution in [2.24, 2.45) is 28.7 Å². The Hall–Kier alpha value is -1.83. The third kappa shape index (κ3) is 4.60. The molecule has 4 unspecified atom stereocenters. The number of carbonyl (C=O) groups is 3. The van der Waals surface area contributed by atoms with Crippen LogP contribution in [0.5, 0.6) is 0 Å². The number of aliphatic imine (C=N–C) groups is 1. The van der Waals surface area contributed by atoms with Gasteiger partial charge >= 0.3 is 0 Å². The van der Waals surface area contributed by atoms with Gasteiger partial charge in [-0.05, 0) is 43.9 Å². The first kappa shape index (κ1) is 22.9. The molecule has 8 heteroatoms. The lowest BCUT2D eigenvalue weighted by molar-refractivity contribution is -0.141. The Morgan fingerprint density at radius 1 is 1.03 bits per heavy atom. The van der Waals surface area contributed by atoms with Gasteiger partial charge in [0.25, 0.3) is 0 Å². The maximum Gasteiger partial charge on any atom is 0.236 e. The Kier molecular flexibility index (Phi) is 6.81. The van der Waals surface area contributed by atoms with Gasteiger partial charge in [0.15, 0.2) is 0 Å². The molecule has 5 aliphatic rings. The van der Waals surface area contributed by atoms with Crippen molar-refractivity contribution < 1.29 is 14.4 Å². The molecule has 33 heavy (non-hydrogen) atoms. The molecule has 4 heterocycles. The lowest BCUT2D eigenvalue weighted by Crippen LogP contribution is -2.48. The second-order valence-electron chi connectivity index (χ2n) is 10.4. The van der Waals surface area contributed by atoms with E-state index >= 15 is 0 Å². The SMILES string of the molecule is CC1C(C(=O)N2CCC(C(=O)N3CC=C(C4CCCCC4)CC3)CC2)SC2N=CNC(=O)C21. The van der Waals surface area contributed by atoms with Crippen LogP contribution in [0.1, 0.15) is 58.3 Å². The first-order valence-electron chi connectivity index (χ1n) is 12.8. The predicted molar refractivity (Wildman–Crippen MR) is 130 cm³/mol. The van der Waals surface area contributed by atoms with Crippen LogP contribution in [-0.2, 0) is 14.4 Å². The van der Waals surface area contributed by atoms with Crippen LogP contribution < -0.4 is 5.32 Å². The third-order valence-corrected chi connectivity index (χ3v) is 10.1. The molecule has 4 atom stereocenters. The van der Waals surface area contributed by atoms with E-state index in [0.717, 1.165) is 38.3 Å².